The van der Waals surface area contributed by atoms with Gasteiger partial charge in [0, 0.05) is 24.0 Å². The SMILES string of the molecule is CCCNC(=O)[C@@H](Cc1ccccc1)N(Cc1ccc(Br)cc1)C(=O)COc1ccccc1Cl. The number of carbonyl (C=O) groups excluding carboxylic acids is 2. The molecule has 0 aliphatic heterocycles. The first-order chi connectivity index (χ1) is 16.5. The lowest BCUT2D eigenvalue weighted by Crippen LogP contribution is -2.51. The zero-order valence-electron chi connectivity index (χ0n) is 19.0. The number of hydrogen-bond acceptors (Lipinski definition) is 3. The highest BCUT2D eigenvalue weighted by atomic mass is 79.9. The van der Waals surface area contributed by atoms with E-state index in [0.29, 0.717) is 23.7 Å². The van der Waals surface area contributed by atoms with Crippen molar-refractivity contribution in [1.82, 2.24) is 10.2 Å². The lowest BCUT2D eigenvalue weighted by molar-refractivity contribution is -0.142. The summed E-state index contributed by atoms with van der Waals surface area (Å²) in [6, 6.07) is 23.7. The molecular weight excluding hydrogens is 516 g/mol. The molecule has 0 aromatic heterocycles. The topological polar surface area (TPSA) is 58.6 Å². The van der Waals surface area contributed by atoms with Crippen molar-refractivity contribution in [2.24, 2.45) is 0 Å². The standard InChI is InChI=1S/C27H28BrClN2O3/c1-2-16-30-27(33)24(17-20-8-4-3-5-9-20)31(18-21-12-14-22(28)15-13-21)26(32)19-34-25-11-7-6-10-23(25)29/h3-15,24H,2,16-19H2,1H3,(H,30,33)/t24-/m1/s1. The maximum absolute atomic E-state index is 13.5. The van der Waals surface area contributed by atoms with Crippen LogP contribution in [-0.4, -0.2) is 35.9 Å². The van der Waals surface area contributed by atoms with E-state index in [1.54, 1.807) is 29.2 Å². The van der Waals surface area contributed by atoms with Gasteiger partial charge in [0.15, 0.2) is 6.61 Å². The second kappa shape index (κ2) is 13.2. The maximum Gasteiger partial charge on any atom is 0.261 e. The molecule has 0 unspecified atom stereocenters. The molecule has 0 aliphatic carbocycles. The lowest BCUT2D eigenvalue weighted by atomic mass is 10.0. The largest absolute Gasteiger partial charge is 0.482 e. The molecular formula is C27H28BrClN2O3. The Kier molecular flexibility index (Phi) is 9.98. The van der Waals surface area contributed by atoms with E-state index in [0.717, 1.165) is 22.0 Å². The van der Waals surface area contributed by atoms with Gasteiger partial charge in [-0.15, -0.1) is 0 Å². The minimum atomic E-state index is -0.694. The summed E-state index contributed by atoms with van der Waals surface area (Å²) >= 11 is 9.64. The summed E-state index contributed by atoms with van der Waals surface area (Å²) in [6.45, 7) is 2.58. The summed E-state index contributed by atoms with van der Waals surface area (Å²) in [5.74, 6) is -0.0551. The predicted octanol–water partition coefficient (Wildman–Crippen LogP) is 5.65. The minimum Gasteiger partial charge on any atom is -0.482 e. The average Bonchev–Trinajstić information content (AvgIpc) is 2.85. The zero-order valence-corrected chi connectivity index (χ0v) is 21.4. The van der Waals surface area contributed by atoms with E-state index >= 15 is 0 Å². The van der Waals surface area contributed by atoms with Crippen LogP contribution in [0.4, 0.5) is 0 Å². The summed E-state index contributed by atoms with van der Waals surface area (Å²) in [5, 5.41) is 3.39. The first-order valence-electron chi connectivity index (χ1n) is 11.2. The van der Waals surface area contributed by atoms with E-state index in [4.69, 9.17) is 16.3 Å². The number of rotatable bonds is 11. The molecule has 0 radical (unpaired) electrons. The number of nitrogens with one attached hydrogen (secondary N) is 1. The summed E-state index contributed by atoms with van der Waals surface area (Å²) in [7, 11) is 0. The number of para-hydroxylation sites is 1. The molecule has 0 aliphatic rings. The second-order valence-electron chi connectivity index (χ2n) is 7.86. The molecule has 1 N–H and O–H groups in total. The molecule has 0 spiro atoms. The highest BCUT2D eigenvalue weighted by molar-refractivity contribution is 9.10. The number of ether oxygens (including phenoxy) is 1. The number of amides is 2. The van der Waals surface area contributed by atoms with Crippen LogP contribution in [-0.2, 0) is 22.6 Å². The van der Waals surface area contributed by atoms with Gasteiger partial charge in [-0.05, 0) is 41.8 Å². The molecule has 0 saturated carbocycles. The third kappa shape index (κ3) is 7.61. The van der Waals surface area contributed by atoms with Crippen LogP contribution in [0.1, 0.15) is 24.5 Å². The van der Waals surface area contributed by atoms with E-state index in [1.165, 1.54) is 0 Å². The van der Waals surface area contributed by atoms with E-state index in [-0.39, 0.29) is 25.0 Å². The Labute approximate surface area is 214 Å². The van der Waals surface area contributed by atoms with E-state index in [1.807, 2.05) is 61.5 Å². The predicted molar refractivity (Wildman–Crippen MR) is 139 cm³/mol. The van der Waals surface area contributed by atoms with Crippen LogP contribution in [0.25, 0.3) is 0 Å². The van der Waals surface area contributed by atoms with Gasteiger partial charge in [0.25, 0.3) is 5.91 Å². The number of halogens is 2. The molecule has 0 heterocycles. The Bertz CT molecular complexity index is 1080. The van der Waals surface area contributed by atoms with Crippen molar-refractivity contribution in [2.45, 2.75) is 32.4 Å². The van der Waals surface area contributed by atoms with Crippen molar-refractivity contribution in [3.63, 3.8) is 0 Å². The van der Waals surface area contributed by atoms with Gasteiger partial charge in [-0.25, -0.2) is 0 Å². The molecule has 178 valence electrons. The molecule has 5 nitrogen and oxygen atoms in total. The van der Waals surface area contributed by atoms with Gasteiger partial charge >= 0.3 is 0 Å². The van der Waals surface area contributed by atoms with E-state index < -0.39 is 6.04 Å². The number of carbonyl (C=O) groups is 2. The highest BCUT2D eigenvalue weighted by Gasteiger charge is 2.30. The Balaban J connectivity index is 1.89. The van der Waals surface area contributed by atoms with Gasteiger partial charge in [0.2, 0.25) is 5.91 Å². The van der Waals surface area contributed by atoms with Crippen molar-refractivity contribution in [3.05, 3.63) is 99.5 Å². The molecule has 3 rings (SSSR count). The van der Waals surface area contributed by atoms with Gasteiger partial charge in [-0.3, -0.25) is 9.59 Å². The van der Waals surface area contributed by atoms with E-state index in [9.17, 15) is 9.59 Å². The molecule has 0 bridgehead atoms. The fraction of sp³-hybridized carbons (Fsp3) is 0.259. The molecule has 2 amide bonds. The molecule has 0 fully saturated rings. The van der Waals surface area contributed by atoms with Crippen molar-refractivity contribution in [1.29, 1.82) is 0 Å². The van der Waals surface area contributed by atoms with Crippen molar-refractivity contribution in [3.8, 4) is 5.75 Å². The van der Waals surface area contributed by atoms with Crippen LogP contribution in [0.2, 0.25) is 5.02 Å². The zero-order chi connectivity index (χ0) is 24.3. The summed E-state index contributed by atoms with van der Waals surface area (Å²) < 4.78 is 6.68. The minimum absolute atomic E-state index is 0.186. The van der Waals surface area contributed by atoms with Gasteiger partial charge < -0.3 is 15.0 Å². The monoisotopic (exact) mass is 542 g/mol. The van der Waals surface area contributed by atoms with Gasteiger partial charge in [-0.2, -0.15) is 0 Å². The van der Waals surface area contributed by atoms with Crippen LogP contribution < -0.4 is 10.1 Å². The maximum atomic E-state index is 13.5. The second-order valence-corrected chi connectivity index (χ2v) is 9.19. The van der Waals surface area contributed by atoms with Crippen LogP contribution >= 0.6 is 27.5 Å². The third-order valence-corrected chi connectivity index (χ3v) is 6.12. The van der Waals surface area contributed by atoms with Gasteiger partial charge in [0.05, 0.1) is 5.02 Å². The normalized spacial score (nSPS) is 11.5. The van der Waals surface area contributed by atoms with Gasteiger partial charge in [0.1, 0.15) is 11.8 Å². The first kappa shape index (κ1) is 25.8. The molecule has 34 heavy (non-hydrogen) atoms. The quantitative estimate of drug-likeness (QED) is 0.340. The number of benzene rings is 3. The lowest BCUT2D eigenvalue weighted by Gasteiger charge is -2.31. The number of nitrogens with zero attached hydrogens (tertiary/aromatic N) is 1. The van der Waals surface area contributed by atoms with Crippen molar-refractivity contribution in [2.75, 3.05) is 13.2 Å². The smallest absolute Gasteiger partial charge is 0.261 e. The molecule has 7 heteroatoms. The van der Waals surface area contributed by atoms with Crippen LogP contribution in [0.5, 0.6) is 5.75 Å². The molecule has 3 aromatic rings. The molecule has 1 atom stereocenters. The third-order valence-electron chi connectivity index (χ3n) is 5.27. The fourth-order valence-electron chi connectivity index (χ4n) is 3.49. The fourth-order valence-corrected chi connectivity index (χ4v) is 3.95. The number of hydrogen-bond donors (Lipinski definition) is 1. The van der Waals surface area contributed by atoms with Gasteiger partial charge in [-0.1, -0.05) is 89.1 Å². The van der Waals surface area contributed by atoms with Crippen LogP contribution in [0.15, 0.2) is 83.3 Å². The Morgan fingerprint density at radius 1 is 0.971 bits per heavy atom. The summed E-state index contributed by atoms with van der Waals surface area (Å²) in [4.78, 5) is 28.3. The molecule has 3 aromatic carbocycles. The first-order valence-corrected chi connectivity index (χ1v) is 12.4. The Morgan fingerprint density at radius 3 is 2.32 bits per heavy atom. The highest BCUT2D eigenvalue weighted by Crippen LogP contribution is 2.23. The van der Waals surface area contributed by atoms with E-state index in [2.05, 4.69) is 21.2 Å². The van der Waals surface area contributed by atoms with Crippen molar-refractivity contribution < 1.29 is 14.3 Å². The Hall–Kier alpha value is -2.83. The molecule has 0 saturated heterocycles. The van der Waals surface area contributed by atoms with Crippen LogP contribution in [0, 0.1) is 0 Å². The van der Waals surface area contributed by atoms with Crippen molar-refractivity contribution >= 4 is 39.3 Å². The summed E-state index contributed by atoms with van der Waals surface area (Å²) in [6.07, 6.45) is 1.20. The van der Waals surface area contributed by atoms with Crippen LogP contribution in [0.3, 0.4) is 0 Å². The summed E-state index contributed by atoms with van der Waals surface area (Å²) in [5.41, 5.74) is 1.88. The average molecular weight is 544 g/mol. The Morgan fingerprint density at radius 2 is 1.65 bits per heavy atom.